The van der Waals surface area contributed by atoms with E-state index >= 15 is 0 Å². The minimum atomic E-state index is -1.04. The van der Waals surface area contributed by atoms with E-state index in [4.69, 9.17) is 15.6 Å². The monoisotopic (exact) mass is 426 g/mol. The lowest BCUT2D eigenvalue weighted by Gasteiger charge is -2.13. The maximum absolute atomic E-state index is 11.8. The zero-order valence-electron chi connectivity index (χ0n) is 18.5. The normalized spacial score (nSPS) is 11.7. The third-order valence-electron chi connectivity index (χ3n) is 5.28. The molecule has 0 aliphatic carbocycles. The highest BCUT2D eigenvalue weighted by atomic mass is 16.4. The standard InChI is InChI=1S/C23H42N2O5/c24-19-15-16-20(23(29)30)25-21(26)17-13-11-9-7-5-3-1-2-4-6-8-10-12-14-18-22(27)28/h19-20,24H,1-18H2,(H,25,26)(H,27,28)(H,29,30). The molecule has 0 bridgehead atoms. The number of amides is 1. The van der Waals surface area contributed by atoms with Gasteiger partial charge in [-0.1, -0.05) is 77.0 Å². The average molecular weight is 427 g/mol. The fraction of sp³-hybridized carbons (Fsp3) is 0.826. The zero-order valence-corrected chi connectivity index (χ0v) is 18.5. The van der Waals surface area contributed by atoms with Crippen molar-refractivity contribution in [1.29, 1.82) is 5.41 Å². The van der Waals surface area contributed by atoms with E-state index in [1.165, 1.54) is 51.4 Å². The summed E-state index contributed by atoms with van der Waals surface area (Å²) < 4.78 is 0. The summed E-state index contributed by atoms with van der Waals surface area (Å²) in [7, 11) is 0. The Labute approximate surface area is 181 Å². The Morgan fingerprint density at radius 2 is 1.10 bits per heavy atom. The van der Waals surface area contributed by atoms with E-state index < -0.39 is 18.0 Å². The van der Waals surface area contributed by atoms with Gasteiger partial charge in [0.1, 0.15) is 6.04 Å². The van der Waals surface area contributed by atoms with Gasteiger partial charge in [-0.15, -0.1) is 0 Å². The average Bonchev–Trinajstić information content (AvgIpc) is 2.70. The van der Waals surface area contributed by atoms with E-state index in [0.29, 0.717) is 19.3 Å². The van der Waals surface area contributed by atoms with Crippen molar-refractivity contribution < 1.29 is 24.6 Å². The van der Waals surface area contributed by atoms with E-state index in [1.54, 1.807) is 0 Å². The maximum Gasteiger partial charge on any atom is 0.326 e. The molecule has 0 rings (SSSR count). The molecular weight excluding hydrogens is 384 g/mol. The molecule has 7 nitrogen and oxygen atoms in total. The van der Waals surface area contributed by atoms with Crippen LogP contribution in [0.4, 0.5) is 0 Å². The molecule has 0 saturated carbocycles. The van der Waals surface area contributed by atoms with Crippen LogP contribution >= 0.6 is 0 Å². The van der Waals surface area contributed by atoms with Crippen LogP contribution < -0.4 is 5.32 Å². The number of carbonyl (C=O) groups is 3. The maximum atomic E-state index is 11.8. The summed E-state index contributed by atoms with van der Waals surface area (Å²) in [5, 5.41) is 27.1. The van der Waals surface area contributed by atoms with Crippen molar-refractivity contribution in [2.75, 3.05) is 0 Å². The summed E-state index contributed by atoms with van der Waals surface area (Å²) in [6.07, 6.45) is 18.2. The summed E-state index contributed by atoms with van der Waals surface area (Å²) in [5.41, 5.74) is 0. The number of carbonyl (C=O) groups excluding carboxylic acids is 1. The second-order valence-corrected chi connectivity index (χ2v) is 8.08. The van der Waals surface area contributed by atoms with Crippen LogP contribution in [0.3, 0.4) is 0 Å². The minimum absolute atomic E-state index is 0.214. The molecule has 0 aromatic rings. The first-order chi connectivity index (χ1) is 14.5. The highest BCUT2D eigenvalue weighted by Gasteiger charge is 2.18. The van der Waals surface area contributed by atoms with Crippen molar-refractivity contribution in [3.05, 3.63) is 0 Å². The first-order valence-corrected chi connectivity index (χ1v) is 11.7. The second-order valence-electron chi connectivity index (χ2n) is 8.08. The minimum Gasteiger partial charge on any atom is -0.481 e. The van der Waals surface area contributed by atoms with Gasteiger partial charge >= 0.3 is 11.9 Å². The quantitative estimate of drug-likeness (QED) is 0.138. The molecule has 1 amide bonds. The molecule has 30 heavy (non-hydrogen) atoms. The van der Waals surface area contributed by atoms with Crippen LogP contribution in [-0.2, 0) is 14.4 Å². The summed E-state index contributed by atoms with van der Waals surface area (Å²) in [6, 6.07) is -0.893. The highest BCUT2D eigenvalue weighted by Crippen LogP contribution is 2.13. The number of unbranched alkanes of at least 4 members (excludes halogenated alkanes) is 13. The number of hydrogen-bond acceptors (Lipinski definition) is 4. The number of rotatable bonds is 22. The van der Waals surface area contributed by atoms with Crippen LogP contribution in [0.2, 0.25) is 0 Å². The zero-order chi connectivity index (χ0) is 22.5. The molecule has 174 valence electrons. The van der Waals surface area contributed by atoms with Gasteiger partial charge < -0.3 is 20.9 Å². The third kappa shape index (κ3) is 19.4. The Bertz CT molecular complexity index is 482. The summed E-state index contributed by atoms with van der Waals surface area (Å²) in [6.45, 7) is 0. The fourth-order valence-corrected chi connectivity index (χ4v) is 3.46. The number of carboxylic acids is 2. The first-order valence-electron chi connectivity index (χ1n) is 11.7. The van der Waals surface area contributed by atoms with Crippen molar-refractivity contribution in [2.24, 2.45) is 0 Å². The molecule has 0 aromatic carbocycles. The first kappa shape index (κ1) is 28.1. The molecule has 0 heterocycles. The van der Waals surface area contributed by atoms with Gasteiger partial charge in [0.25, 0.3) is 0 Å². The van der Waals surface area contributed by atoms with Crippen molar-refractivity contribution in [2.45, 2.75) is 122 Å². The number of hydrogen-bond donors (Lipinski definition) is 4. The Morgan fingerprint density at radius 3 is 1.47 bits per heavy atom. The third-order valence-corrected chi connectivity index (χ3v) is 5.28. The lowest BCUT2D eigenvalue weighted by atomic mass is 10.0. The van der Waals surface area contributed by atoms with Gasteiger partial charge in [0.2, 0.25) is 5.91 Å². The lowest BCUT2D eigenvalue weighted by Crippen LogP contribution is -2.40. The van der Waals surface area contributed by atoms with E-state index in [0.717, 1.165) is 44.7 Å². The highest BCUT2D eigenvalue weighted by molar-refractivity contribution is 5.83. The topological polar surface area (TPSA) is 128 Å². The summed E-state index contributed by atoms with van der Waals surface area (Å²) in [5.74, 6) is -1.95. The van der Waals surface area contributed by atoms with Gasteiger partial charge in [0, 0.05) is 12.8 Å². The predicted octanol–water partition coefficient (Wildman–Crippen LogP) is 5.31. The summed E-state index contributed by atoms with van der Waals surface area (Å²) >= 11 is 0. The number of nitrogens with one attached hydrogen (secondary N) is 2. The van der Waals surface area contributed by atoms with E-state index in [1.807, 2.05) is 0 Å². The van der Waals surface area contributed by atoms with Crippen molar-refractivity contribution in [3.63, 3.8) is 0 Å². The predicted molar refractivity (Wildman–Crippen MR) is 119 cm³/mol. The van der Waals surface area contributed by atoms with Gasteiger partial charge in [-0.2, -0.15) is 0 Å². The van der Waals surface area contributed by atoms with Crippen molar-refractivity contribution in [3.8, 4) is 0 Å². The van der Waals surface area contributed by atoms with Gasteiger partial charge in [0.05, 0.1) is 0 Å². The largest absolute Gasteiger partial charge is 0.481 e. The number of carboxylic acid groups (broad SMARTS) is 2. The van der Waals surface area contributed by atoms with Crippen LogP contribution in [0, 0.1) is 5.41 Å². The Morgan fingerprint density at radius 1 is 0.700 bits per heavy atom. The van der Waals surface area contributed by atoms with Gasteiger partial charge in [-0.05, 0) is 31.9 Å². The number of aliphatic carboxylic acids is 2. The van der Waals surface area contributed by atoms with E-state index in [2.05, 4.69) is 5.32 Å². The second kappa shape index (κ2) is 20.4. The molecule has 0 fully saturated rings. The molecule has 1 atom stereocenters. The molecule has 0 aliphatic rings. The van der Waals surface area contributed by atoms with Crippen LogP contribution in [0.15, 0.2) is 0 Å². The fourth-order valence-electron chi connectivity index (χ4n) is 3.46. The van der Waals surface area contributed by atoms with Gasteiger partial charge in [-0.3, -0.25) is 9.59 Å². The molecule has 0 radical (unpaired) electrons. The van der Waals surface area contributed by atoms with Crippen LogP contribution in [0.25, 0.3) is 0 Å². The smallest absolute Gasteiger partial charge is 0.326 e. The Kier molecular flexibility index (Phi) is 19.1. The van der Waals surface area contributed by atoms with Gasteiger partial charge in [0.15, 0.2) is 0 Å². The molecule has 7 heteroatoms. The van der Waals surface area contributed by atoms with E-state index in [9.17, 15) is 14.4 Å². The molecule has 0 aromatic heterocycles. The molecule has 0 spiro atoms. The molecular formula is C23H42N2O5. The van der Waals surface area contributed by atoms with Crippen molar-refractivity contribution >= 4 is 24.1 Å². The van der Waals surface area contributed by atoms with Crippen molar-refractivity contribution in [1.82, 2.24) is 5.32 Å². The lowest BCUT2D eigenvalue weighted by molar-refractivity contribution is -0.142. The van der Waals surface area contributed by atoms with Crippen LogP contribution in [0.5, 0.6) is 0 Å². The Hall–Kier alpha value is -1.92. The van der Waals surface area contributed by atoms with Crippen LogP contribution in [0.1, 0.15) is 116 Å². The molecule has 4 N–H and O–H groups in total. The molecule has 1 unspecified atom stereocenters. The molecule has 0 aliphatic heterocycles. The molecule has 0 saturated heterocycles. The SMILES string of the molecule is N=CCCC(NC(=O)CCCCCCCCCCCCCCCCC(=O)O)C(=O)O. The summed E-state index contributed by atoms with van der Waals surface area (Å²) in [4.78, 5) is 33.3. The van der Waals surface area contributed by atoms with E-state index in [-0.39, 0.29) is 12.3 Å². The van der Waals surface area contributed by atoms with Crippen LogP contribution in [-0.4, -0.2) is 40.3 Å². The Balaban J connectivity index is 3.37. The van der Waals surface area contributed by atoms with Gasteiger partial charge in [-0.25, -0.2) is 4.79 Å².